The third-order valence-corrected chi connectivity index (χ3v) is 4.81. The fraction of sp³-hybridized carbons (Fsp3) is 0.438. The molecule has 0 atom stereocenters. The maximum atomic E-state index is 14.3. The minimum atomic E-state index is -4.98. The molecule has 2 aromatic rings. The van der Waals surface area contributed by atoms with E-state index in [1.807, 2.05) is 0 Å². The quantitative estimate of drug-likeness (QED) is 0.477. The lowest BCUT2D eigenvalue weighted by molar-refractivity contribution is -0.155. The molecule has 0 aliphatic heterocycles. The van der Waals surface area contributed by atoms with Crippen LogP contribution in [0, 0.1) is 5.82 Å². The molecular weight excluding hydrogens is 518 g/mol. The second kappa shape index (κ2) is 9.67. The Labute approximate surface area is 187 Å². The molecule has 0 aliphatic carbocycles. The highest BCUT2D eigenvalue weighted by Crippen LogP contribution is 2.38. The number of halogens is 10. The average Bonchev–Trinajstić information content (AvgIpc) is 3.20. The Hall–Kier alpha value is -3.05. The molecule has 0 spiro atoms. The van der Waals surface area contributed by atoms with Crippen LogP contribution in [0.5, 0.6) is 11.8 Å². The standard InChI is InChI=1S/C16H12F10N4O3S/c1-29(8-4-3-7(34-8)16(24,25)26)13(31)30(2)12-27-10(32-5-14(18,19)20)9(17)11(28-12)33-6-15(21,22)23/h3-4H,5-6H2,1-2H3. The molecule has 7 nitrogen and oxygen atoms in total. The normalized spacial score (nSPS) is 12.5. The number of hydrogen-bond acceptors (Lipinski definition) is 6. The summed E-state index contributed by atoms with van der Waals surface area (Å²) in [6.07, 6.45) is -14.7. The summed E-state index contributed by atoms with van der Waals surface area (Å²) in [5, 5.41) is -0.228. The van der Waals surface area contributed by atoms with Gasteiger partial charge in [0.2, 0.25) is 11.8 Å². The molecule has 2 aromatic heterocycles. The number of thiophene rings is 1. The van der Waals surface area contributed by atoms with Crippen LogP contribution in [-0.4, -0.2) is 55.7 Å². The first-order valence-electron chi connectivity index (χ1n) is 8.54. The molecule has 0 fully saturated rings. The molecule has 0 saturated heterocycles. The van der Waals surface area contributed by atoms with Crippen molar-refractivity contribution in [3.8, 4) is 11.8 Å². The number of carbonyl (C=O) groups excluding carboxylic acids is 1. The number of nitrogens with zero attached hydrogens (tertiary/aromatic N) is 4. The smallest absolute Gasteiger partial charge is 0.425 e. The van der Waals surface area contributed by atoms with Gasteiger partial charge in [-0.2, -0.15) is 53.9 Å². The number of ether oxygens (including phenoxy) is 2. The molecular formula is C16H12F10N4O3S. The van der Waals surface area contributed by atoms with Gasteiger partial charge >= 0.3 is 24.6 Å². The number of anilines is 2. The van der Waals surface area contributed by atoms with Crippen LogP contribution in [-0.2, 0) is 6.18 Å². The van der Waals surface area contributed by atoms with Crippen LogP contribution >= 0.6 is 11.3 Å². The number of carbonyl (C=O) groups is 1. The fourth-order valence-electron chi connectivity index (χ4n) is 2.10. The van der Waals surface area contributed by atoms with E-state index in [0.29, 0.717) is 15.9 Å². The van der Waals surface area contributed by atoms with Crippen molar-refractivity contribution < 1.29 is 58.2 Å². The molecule has 0 radical (unpaired) electrons. The van der Waals surface area contributed by atoms with Crippen LogP contribution < -0.4 is 19.3 Å². The molecule has 0 N–H and O–H groups in total. The zero-order valence-electron chi connectivity index (χ0n) is 16.8. The fourth-order valence-corrected chi connectivity index (χ4v) is 2.93. The Kier molecular flexibility index (Phi) is 7.73. The van der Waals surface area contributed by atoms with Crippen LogP contribution in [0.25, 0.3) is 0 Å². The summed E-state index contributed by atoms with van der Waals surface area (Å²) in [7, 11) is 1.90. The monoisotopic (exact) mass is 530 g/mol. The third kappa shape index (κ3) is 7.22. The van der Waals surface area contributed by atoms with Crippen molar-refractivity contribution in [3.05, 3.63) is 22.8 Å². The summed E-state index contributed by atoms with van der Waals surface area (Å²) < 4.78 is 135. The van der Waals surface area contributed by atoms with Crippen LogP contribution in [0.3, 0.4) is 0 Å². The van der Waals surface area contributed by atoms with Gasteiger partial charge in [0, 0.05) is 14.1 Å². The highest BCUT2D eigenvalue weighted by Gasteiger charge is 2.35. The highest BCUT2D eigenvalue weighted by molar-refractivity contribution is 7.16. The largest absolute Gasteiger partial charge is 0.466 e. The Bertz CT molecular complexity index is 983. The molecule has 0 bridgehead atoms. The van der Waals surface area contributed by atoms with Gasteiger partial charge in [0.05, 0.1) is 5.00 Å². The SMILES string of the molecule is CN(C(=O)N(C)c1ccc(C(F)(F)F)s1)c1nc(OCC(F)(F)F)c(F)c(OCC(F)(F)F)n1. The molecule has 18 heteroatoms. The second-order valence-corrected chi connectivity index (χ2v) is 7.35. The first kappa shape index (κ1) is 27.2. The van der Waals surface area contributed by atoms with Gasteiger partial charge in [0.1, 0.15) is 4.88 Å². The minimum Gasteiger partial charge on any atom is -0.466 e. The summed E-state index contributed by atoms with van der Waals surface area (Å²) in [5.41, 5.74) is 0. The van der Waals surface area contributed by atoms with Crippen molar-refractivity contribution in [2.75, 3.05) is 37.1 Å². The van der Waals surface area contributed by atoms with Gasteiger partial charge in [0.15, 0.2) is 13.2 Å². The minimum absolute atomic E-state index is 0.173. The molecule has 2 amide bonds. The lowest BCUT2D eigenvalue weighted by atomic mass is 10.4. The van der Waals surface area contributed by atoms with E-state index in [1.54, 1.807) is 0 Å². The Morgan fingerprint density at radius 3 is 1.74 bits per heavy atom. The first-order valence-corrected chi connectivity index (χ1v) is 9.36. The van der Waals surface area contributed by atoms with Gasteiger partial charge in [-0.25, -0.2) is 4.79 Å². The summed E-state index contributed by atoms with van der Waals surface area (Å²) >= 11 is 0.173. The van der Waals surface area contributed by atoms with Gasteiger partial charge in [-0.1, -0.05) is 0 Å². The summed E-state index contributed by atoms with van der Waals surface area (Å²) in [5.74, 6) is -5.81. The van der Waals surface area contributed by atoms with E-state index in [4.69, 9.17) is 0 Å². The van der Waals surface area contributed by atoms with Crippen LogP contribution in [0.2, 0.25) is 0 Å². The molecule has 0 aliphatic rings. The Morgan fingerprint density at radius 1 is 0.882 bits per heavy atom. The van der Waals surface area contributed by atoms with Crippen molar-refractivity contribution >= 4 is 28.3 Å². The summed E-state index contributed by atoms with van der Waals surface area (Å²) in [4.78, 5) is 19.2. The summed E-state index contributed by atoms with van der Waals surface area (Å²) in [6.45, 7) is -4.18. The van der Waals surface area contributed by atoms with Gasteiger partial charge in [-0.3, -0.25) is 9.80 Å². The van der Waals surface area contributed by atoms with E-state index in [0.717, 1.165) is 20.2 Å². The molecule has 2 rings (SSSR count). The number of amides is 2. The van der Waals surface area contributed by atoms with E-state index in [2.05, 4.69) is 19.4 Å². The molecule has 0 unspecified atom stereocenters. The van der Waals surface area contributed by atoms with Crippen molar-refractivity contribution in [1.29, 1.82) is 0 Å². The topological polar surface area (TPSA) is 67.8 Å². The van der Waals surface area contributed by atoms with E-state index in [9.17, 15) is 48.7 Å². The number of urea groups is 1. The number of hydrogen-bond donors (Lipinski definition) is 0. The van der Waals surface area contributed by atoms with E-state index in [1.165, 1.54) is 0 Å². The van der Waals surface area contributed by atoms with E-state index < -0.39 is 66.2 Å². The Morgan fingerprint density at radius 2 is 1.35 bits per heavy atom. The zero-order valence-corrected chi connectivity index (χ0v) is 17.6. The lowest BCUT2D eigenvalue weighted by Crippen LogP contribution is -2.39. The van der Waals surface area contributed by atoms with E-state index in [-0.39, 0.29) is 16.3 Å². The first-order chi connectivity index (χ1) is 15.4. The van der Waals surface area contributed by atoms with Crippen molar-refractivity contribution in [2.45, 2.75) is 18.5 Å². The van der Waals surface area contributed by atoms with Crippen LogP contribution in [0.1, 0.15) is 4.88 Å². The lowest BCUT2D eigenvalue weighted by Gasteiger charge is -2.23. The predicted octanol–water partition coefficient (Wildman–Crippen LogP) is 5.27. The maximum absolute atomic E-state index is 14.3. The van der Waals surface area contributed by atoms with Crippen LogP contribution in [0.4, 0.5) is 59.6 Å². The van der Waals surface area contributed by atoms with Gasteiger partial charge in [-0.15, -0.1) is 11.3 Å². The second-order valence-electron chi connectivity index (χ2n) is 6.29. The summed E-state index contributed by atoms with van der Waals surface area (Å²) in [6, 6.07) is 0.455. The van der Waals surface area contributed by atoms with Crippen molar-refractivity contribution in [2.24, 2.45) is 0 Å². The number of alkyl halides is 9. The molecule has 34 heavy (non-hydrogen) atoms. The van der Waals surface area contributed by atoms with Gasteiger partial charge < -0.3 is 9.47 Å². The molecule has 2 heterocycles. The van der Waals surface area contributed by atoms with Gasteiger partial charge in [0.25, 0.3) is 11.8 Å². The predicted molar refractivity (Wildman–Crippen MR) is 96.6 cm³/mol. The molecule has 0 saturated carbocycles. The highest BCUT2D eigenvalue weighted by atomic mass is 32.1. The van der Waals surface area contributed by atoms with Crippen molar-refractivity contribution in [3.63, 3.8) is 0 Å². The van der Waals surface area contributed by atoms with Gasteiger partial charge in [-0.05, 0) is 12.1 Å². The van der Waals surface area contributed by atoms with Crippen LogP contribution in [0.15, 0.2) is 12.1 Å². The molecule has 0 aromatic carbocycles. The van der Waals surface area contributed by atoms with Crippen molar-refractivity contribution in [1.82, 2.24) is 9.97 Å². The third-order valence-electron chi connectivity index (χ3n) is 3.60. The van der Waals surface area contributed by atoms with E-state index >= 15 is 0 Å². The Balaban J connectivity index is 2.38. The maximum Gasteiger partial charge on any atom is 0.425 e. The number of rotatable bonds is 6. The number of aromatic nitrogens is 2. The zero-order chi connectivity index (χ0) is 26.1. The molecule has 190 valence electrons. The average molecular weight is 530 g/mol.